The molecule has 8 atom stereocenters. The maximum atomic E-state index is 17.0. The molecule has 4 aliphatic carbocycles. The number of halogens is 1. The van der Waals surface area contributed by atoms with Crippen molar-refractivity contribution in [2.24, 2.45) is 34.5 Å². The van der Waals surface area contributed by atoms with Crippen molar-refractivity contribution in [3.63, 3.8) is 0 Å². The zero-order valence-electron chi connectivity index (χ0n) is 18.8. The average molecular weight is 433 g/mol. The molecule has 0 bridgehead atoms. The highest BCUT2D eigenvalue weighted by atomic mass is 19.1. The Labute approximate surface area is 183 Å². The van der Waals surface area contributed by atoms with E-state index >= 15 is 4.39 Å². The van der Waals surface area contributed by atoms with Gasteiger partial charge in [-0.25, -0.2) is 4.39 Å². The maximum absolute atomic E-state index is 17.0. The van der Waals surface area contributed by atoms with E-state index in [-0.39, 0.29) is 48.8 Å². The summed E-state index contributed by atoms with van der Waals surface area (Å²) < 4.78 is 22.1. The van der Waals surface area contributed by atoms with Crippen LogP contribution in [0.1, 0.15) is 59.8 Å². The minimum atomic E-state index is -1.88. The predicted octanol–water partition coefficient (Wildman–Crippen LogP) is 3.74. The zero-order chi connectivity index (χ0) is 22.8. The number of aliphatic hydroxyl groups excluding tert-OH is 1. The van der Waals surface area contributed by atoms with Crippen molar-refractivity contribution in [2.75, 3.05) is 6.61 Å². The lowest BCUT2D eigenvalue weighted by Gasteiger charge is -2.61. The number of ether oxygens (including phenoxy) is 1. The molecule has 0 radical (unpaired) electrons. The number of rotatable bonds is 4. The largest absolute Gasteiger partial charge is 0.458 e. The van der Waals surface area contributed by atoms with Crippen molar-refractivity contribution in [3.8, 4) is 0 Å². The molecule has 6 unspecified atom stereocenters. The van der Waals surface area contributed by atoms with Gasteiger partial charge in [0, 0.05) is 23.7 Å². The number of aliphatic hydroxyl groups is 1. The third kappa shape index (κ3) is 3.00. The summed E-state index contributed by atoms with van der Waals surface area (Å²) in [5, 5.41) is 11.3. The van der Waals surface area contributed by atoms with E-state index in [4.69, 9.17) is 4.74 Å². The fraction of sp³-hybridized carbons (Fsp3) is 0.720. The number of Topliss-reactive ketones (excluding diaryl/α,β-unsaturated/α-hetero) is 1. The molecule has 31 heavy (non-hydrogen) atoms. The third-order valence-corrected chi connectivity index (χ3v) is 8.99. The van der Waals surface area contributed by atoms with Crippen LogP contribution in [0, 0.1) is 34.5 Å². The highest BCUT2D eigenvalue weighted by Gasteiger charge is 2.71. The average Bonchev–Trinajstić information content (AvgIpc) is 2.97. The molecule has 0 spiro atoms. The Hall–Kier alpha value is -1.82. The molecule has 0 aromatic carbocycles. The van der Waals surface area contributed by atoms with E-state index < -0.39 is 34.5 Å². The Bertz CT molecular complexity index is 877. The Morgan fingerprint density at radius 2 is 2.00 bits per heavy atom. The van der Waals surface area contributed by atoms with Crippen molar-refractivity contribution in [3.05, 3.63) is 23.8 Å². The van der Waals surface area contributed by atoms with Crippen LogP contribution in [-0.4, -0.2) is 41.0 Å². The molecule has 6 heteroatoms. The van der Waals surface area contributed by atoms with Crippen molar-refractivity contribution >= 4 is 17.5 Å². The Kier molecular flexibility index (Phi) is 5.31. The van der Waals surface area contributed by atoms with Gasteiger partial charge in [0.15, 0.2) is 17.2 Å². The number of esters is 1. The number of hydrogen-bond donors (Lipinski definition) is 1. The number of allylic oxidation sites excluding steroid dienone is 4. The van der Waals surface area contributed by atoms with Gasteiger partial charge in [-0.3, -0.25) is 14.4 Å². The van der Waals surface area contributed by atoms with Crippen molar-refractivity contribution in [2.45, 2.75) is 71.6 Å². The summed E-state index contributed by atoms with van der Waals surface area (Å²) in [6.45, 7) is 7.23. The monoisotopic (exact) mass is 432 g/mol. The minimum absolute atomic E-state index is 0.0191. The Morgan fingerprint density at radius 3 is 2.68 bits per heavy atom. The lowest BCUT2D eigenvalue weighted by molar-refractivity contribution is -0.196. The summed E-state index contributed by atoms with van der Waals surface area (Å²) in [6, 6.07) is 0. The summed E-state index contributed by atoms with van der Waals surface area (Å²) in [6.07, 6.45) is 5.61. The molecule has 0 saturated heterocycles. The van der Waals surface area contributed by atoms with Crippen LogP contribution >= 0.6 is 0 Å². The molecule has 3 saturated carbocycles. The lowest BCUT2D eigenvalue weighted by Crippen LogP contribution is -2.66. The van der Waals surface area contributed by atoms with E-state index in [1.807, 2.05) is 13.8 Å². The first-order valence-electron chi connectivity index (χ1n) is 11.5. The standard InChI is InChI=1S/C25H33FO5/c1-5-21(30)31-13-19(28)22-14(2)10-18-17-7-6-15-11-16(27)8-9-24(15,4)25(17,26)20(29)12-23(18,22)3/h8-9,11,14,17-18,20,22,29H,5-7,10,12-13H2,1-4H3/t14?,17?,18?,20-,22?,23?,24?,25-/m0/s1. The molecule has 0 aromatic heterocycles. The van der Waals surface area contributed by atoms with Gasteiger partial charge in [-0.15, -0.1) is 0 Å². The van der Waals surface area contributed by atoms with Crippen LogP contribution in [0.5, 0.6) is 0 Å². The van der Waals surface area contributed by atoms with Gasteiger partial charge in [0.2, 0.25) is 0 Å². The minimum Gasteiger partial charge on any atom is -0.458 e. The summed E-state index contributed by atoms with van der Waals surface area (Å²) in [5.41, 5.74) is -2.70. The van der Waals surface area contributed by atoms with E-state index in [2.05, 4.69) is 0 Å². The van der Waals surface area contributed by atoms with Crippen LogP contribution in [0.4, 0.5) is 4.39 Å². The van der Waals surface area contributed by atoms with Crippen LogP contribution in [0.2, 0.25) is 0 Å². The van der Waals surface area contributed by atoms with Gasteiger partial charge in [-0.05, 0) is 62.0 Å². The maximum Gasteiger partial charge on any atom is 0.305 e. The number of ketones is 2. The molecule has 0 amide bonds. The summed E-state index contributed by atoms with van der Waals surface area (Å²) in [4.78, 5) is 36.6. The summed E-state index contributed by atoms with van der Waals surface area (Å²) in [7, 11) is 0. The fourth-order valence-corrected chi connectivity index (χ4v) is 7.61. The second kappa shape index (κ2) is 7.36. The first kappa shape index (κ1) is 22.4. The van der Waals surface area contributed by atoms with Gasteiger partial charge in [0.1, 0.15) is 6.61 Å². The van der Waals surface area contributed by atoms with Crippen LogP contribution in [0.3, 0.4) is 0 Å². The molecule has 1 N–H and O–H groups in total. The second-order valence-electron chi connectivity index (χ2n) is 10.5. The van der Waals surface area contributed by atoms with Crippen LogP contribution in [-0.2, 0) is 19.1 Å². The van der Waals surface area contributed by atoms with E-state index in [0.29, 0.717) is 19.3 Å². The number of carbonyl (C=O) groups is 3. The quantitative estimate of drug-likeness (QED) is 0.685. The molecule has 0 aliphatic heterocycles. The molecular weight excluding hydrogens is 399 g/mol. The summed E-state index contributed by atoms with van der Waals surface area (Å²) >= 11 is 0. The van der Waals surface area contributed by atoms with Gasteiger partial charge in [0.05, 0.1) is 6.10 Å². The molecule has 170 valence electrons. The van der Waals surface area contributed by atoms with Crippen molar-refractivity contribution in [1.29, 1.82) is 0 Å². The molecule has 3 fully saturated rings. The molecule has 4 rings (SSSR count). The second-order valence-corrected chi connectivity index (χ2v) is 10.5. The predicted molar refractivity (Wildman–Crippen MR) is 113 cm³/mol. The van der Waals surface area contributed by atoms with E-state index in [0.717, 1.165) is 5.57 Å². The number of carbonyl (C=O) groups excluding carboxylic acids is 3. The highest BCUT2D eigenvalue weighted by Crippen LogP contribution is 2.69. The number of hydrogen-bond acceptors (Lipinski definition) is 5. The molecule has 4 aliphatic rings. The Balaban J connectivity index is 1.68. The zero-order valence-corrected chi connectivity index (χ0v) is 18.8. The van der Waals surface area contributed by atoms with Crippen LogP contribution < -0.4 is 0 Å². The fourth-order valence-electron chi connectivity index (χ4n) is 7.61. The van der Waals surface area contributed by atoms with E-state index in [9.17, 15) is 19.5 Å². The Morgan fingerprint density at radius 1 is 1.29 bits per heavy atom. The van der Waals surface area contributed by atoms with E-state index in [1.165, 1.54) is 12.2 Å². The number of fused-ring (bicyclic) bond motifs is 5. The first-order valence-corrected chi connectivity index (χ1v) is 11.5. The van der Waals surface area contributed by atoms with Crippen LogP contribution in [0.25, 0.3) is 0 Å². The van der Waals surface area contributed by atoms with Gasteiger partial charge >= 0.3 is 5.97 Å². The van der Waals surface area contributed by atoms with Crippen LogP contribution in [0.15, 0.2) is 23.8 Å². The van der Waals surface area contributed by atoms with E-state index in [1.54, 1.807) is 19.9 Å². The molecule has 5 nitrogen and oxygen atoms in total. The SMILES string of the molecule is CCC(=O)OCC(=O)C1C(C)CC2C3CCC4=CC(=O)C=CC4(C)[C@@]3(F)[C@@H](O)CC21C. The molecular formula is C25H33FO5. The normalized spacial score (nSPS) is 45.9. The van der Waals surface area contributed by atoms with Gasteiger partial charge < -0.3 is 9.84 Å². The highest BCUT2D eigenvalue weighted by molar-refractivity contribution is 6.01. The van der Waals surface area contributed by atoms with Gasteiger partial charge in [-0.2, -0.15) is 0 Å². The van der Waals surface area contributed by atoms with Gasteiger partial charge in [0.25, 0.3) is 0 Å². The topological polar surface area (TPSA) is 80.7 Å². The van der Waals surface area contributed by atoms with Gasteiger partial charge in [-0.1, -0.05) is 32.4 Å². The van der Waals surface area contributed by atoms with Crippen molar-refractivity contribution < 1.29 is 28.6 Å². The molecule has 0 aromatic rings. The first-order chi connectivity index (χ1) is 14.5. The number of alkyl halides is 1. The lowest BCUT2D eigenvalue weighted by atomic mass is 9.45. The summed E-state index contributed by atoms with van der Waals surface area (Å²) in [5.74, 6) is -1.50. The third-order valence-electron chi connectivity index (χ3n) is 8.99. The smallest absolute Gasteiger partial charge is 0.305 e. The molecule has 0 heterocycles. The van der Waals surface area contributed by atoms with Crippen molar-refractivity contribution in [1.82, 2.24) is 0 Å².